The number of rotatable bonds is 3. The van der Waals surface area contributed by atoms with E-state index in [1.54, 1.807) is 6.07 Å². The van der Waals surface area contributed by atoms with Gasteiger partial charge in [-0.1, -0.05) is 6.07 Å². The molecule has 1 unspecified atom stereocenters. The molecular formula is C11H15N3O3S. The SMILES string of the molecule is NS(=O)(=O)c1cccc(NC(=O)C2CCCN2)c1. The molecule has 1 heterocycles. The average Bonchev–Trinajstić information content (AvgIpc) is 2.81. The predicted molar refractivity (Wildman–Crippen MR) is 67.5 cm³/mol. The Balaban J connectivity index is 2.12. The summed E-state index contributed by atoms with van der Waals surface area (Å²) in [6.45, 7) is 0.829. The highest BCUT2D eigenvalue weighted by Gasteiger charge is 2.22. The first-order chi connectivity index (χ1) is 8.47. The largest absolute Gasteiger partial charge is 0.325 e. The maximum atomic E-state index is 11.8. The lowest BCUT2D eigenvalue weighted by Gasteiger charge is -2.11. The summed E-state index contributed by atoms with van der Waals surface area (Å²) in [5.74, 6) is -0.154. The Morgan fingerprint density at radius 2 is 2.22 bits per heavy atom. The zero-order chi connectivity index (χ0) is 13.2. The molecule has 0 radical (unpaired) electrons. The number of hydrogen-bond acceptors (Lipinski definition) is 4. The van der Waals surface area contributed by atoms with Gasteiger partial charge in [-0.25, -0.2) is 13.6 Å². The first-order valence-electron chi connectivity index (χ1n) is 5.64. The number of primary sulfonamides is 1. The fraction of sp³-hybridized carbons (Fsp3) is 0.364. The Morgan fingerprint density at radius 1 is 1.44 bits per heavy atom. The van der Waals surface area contributed by atoms with Gasteiger partial charge in [0, 0.05) is 5.69 Å². The molecule has 2 rings (SSSR count). The molecule has 0 spiro atoms. The summed E-state index contributed by atoms with van der Waals surface area (Å²) in [5, 5.41) is 10.8. The Hall–Kier alpha value is -1.44. The third kappa shape index (κ3) is 3.06. The normalized spacial score (nSPS) is 19.7. The Bertz CT molecular complexity index is 550. The average molecular weight is 269 g/mol. The van der Waals surface area contributed by atoms with Crippen molar-refractivity contribution in [1.29, 1.82) is 0 Å². The molecule has 0 saturated carbocycles. The van der Waals surface area contributed by atoms with E-state index in [0.717, 1.165) is 19.4 Å². The van der Waals surface area contributed by atoms with Gasteiger partial charge in [-0.05, 0) is 37.6 Å². The molecule has 98 valence electrons. The van der Waals surface area contributed by atoms with Gasteiger partial charge in [0.2, 0.25) is 15.9 Å². The second kappa shape index (κ2) is 5.05. The van der Waals surface area contributed by atoms with Crippen LogP contribution in [-0.4, -0.2) is 26.9 Å². The first-order valence-corrected chi connectivity index (χ1v) is 7.18. The van der Waals surface area contributed by atoms with E-state index in [0.29, 0.717) is 5.69 Å². The number of anilines is 1. The molecule has 1 amide bonds. The highest BCUT2D eigenvalue weighted by molar-refractivity contribution is 7.89. The summed E-state index contributed by atoms with van der Waals surface area (Å²) in [6.07, 6.45) is 1.76. The number of amides is 1. The molecule has 1 aliphatic heterocycles. The third-order valence-electron chi connectivity index (χ3n) is 2.81. The lowest BCUT2D eigenvalue weighted by atomic mass is 10.2. The van der Waals surface area contributed by atoms with Crippen LogP contribution < -0.4 is 15.8 Å². The number of benzene rings is 1. The minimum Gasteiger partial charge on any atom is -0.325 e. The van der Waals surface area contributed by atoms with Gasteiger partial charge in [-0.2, -0.15) is 0 Å². The first kappa shape index (κ1) is 13.0. The van der Waals surface area contributed by atoms with Crippen LogP contribution in [0.1, 0.15) is 12.8 Å². The summed E-state index contributed by atoms with van der Waals surface area (Å²) < 4.78 is 22.4. The molecule has 1 aromatic carbocycles. The zero-order valence-corrected chi connectivity index (χ0v) is 10.5. The fourth-order valence-corrected chi connectivity index (χ4v) is 2.45. The maximum absolute atomic E-state index is 11.8. The summed E-state index contributed by atoms with van der Waals surface area (Å²) in [6, 6.07) is 5.70. The van der Waals surface area contributed by atoms with E-state index in [-0.39, 0.29) is 16.8 Å². The number of nitrogens with one attached hydrogen (secondary N) is 2. The molecular weight excluding hydrogens is 254 g/mol. The van der Waals surface area contributed by atoms with Crippen LogP contribution in [0.2, 0.25) is 0 Å². The van der Waals surface area contributed by atoms with Gasteiger partial charge in [-0.15, -0.1) is 0 Å². The van der Waals surface area contributed by atoms with Crippen molar-refractivity contribution in [2.45, 2.75) is 23.8 Å². The lowest BCUT2D eigenvalue weighted by Crippen LogP contribution is -2.35. The van der Waals surface area contributed by atoms with Crippen LogP contribution in [0.4, 0.5) is 5.69 Å². The summed E-state index contributed by atoms with van der Waals surface area (Å²) >= 11 is 0. The van der Waals surface area contributed by atoms with Crippen LogP contribution in [0.3, 0.4) is 0 Å². The summed E-state index contributed by atoms with van der Waals surface area (Å²) in [4.78, 5) is 11.8. The number of hydrogen-bond donors (Lipinski definition) is 3. The fourth-order valence-electron chi connectivity index (χ4n) is 1.89. The number of nitrogens with two attached hydrogens (primary N) is 1. The number of carbonyl (C=O) groups excluding carboxylic acids is 1. The number of carbonyl (C=O) groups is 1. The van der Waals surface area contributed by atoms with Crippen molar-refractivity contribution in [3.05, 3.63) is 24.3 Å². The van der Waals surface area contributed by atoms with Gasteiger partial charge in [0.1, 0.15) is 0 Å². The van der Waals surface area contributed by atoms with E-state index in [2.05, 4.69) is 10.6 Å². The maximum Gasteiger partial charge on any atom is 0.241 e. The van der Waals surface area contributed by atoms with Gasteiger partial charge in [-0.3, -0.25) is 4.79 Å². The molecule has 1 atom stereocenters. The third-order valence-corrected chi connectivity index (χ3v) is 3.72. The van der Waals surface area contributed by atoms with E-state index < -0.39 is 10.0 Å². The monoisotopic (exact) mass is 269 g/mol. The van der Waals surface area contributed by atoms with E-state index in [1.165, 1.54) is 18.2 Å². The standard InChI is InChI=1S/C11H15N3O3S/c12-18(16,17)9-4-1-3-8(7-9)14-11(15)10-5-2-6-13-10/h1,3-4,7,10,13H,2,5-6H2,(H,14,15)(H2,12,16,17). The second-order valence-corrected chi connectivity index (χ2v) is 5.77. The van der Waals surface area contributed by atoms with Gasteiger partial charge < -0.3 is 10.6 Å². The van der Waals surface area contributed by atoms with Crippen molar-refractivity contribution >= 4 is 21.6 Å². The van der Waals surface area contributed by atoms with Gasteiger partial charge in [0.05, 0.1) is 10.9 Å². The molecule has 1 fully saturated rings. The molecule has 1 aromatic rings. The Labute approximate surface area is 106 Å². The molecule has 1 saturated heterocycles. The zero-order valence-electron chi connectivity index (χ0n) is 9.72. The molecule has 4 N–H and O–H groups in total. The second-order valence-electron chi connectivity index (χ2n) is 4.21. The molecule has 0 bridgehead atoms. The van der Waals surface area contributed by atoms with Crippen LogP contribution in [0.25, 0.3) is 0 Å². The topological polar surface area (TPSA) is 101 Å². The van der Waals surface area contributed by atoms with Crippen molar-refractivity contribution in [2.24, 2.45) is 5.14 Å². The Kier molecular flexibility index (Phi) is 3.65. The van der Waals surface area contributed by atoms with Crippen LogP contribution in [0.5, 0.6) is 0 Å². The van der Waals surface area contributed by atoms with E-state index in [4.69, 9.17) is 5.14 Å². The van der Waals surface area contributed by atoms with Crippen molar-refractivity contribution in [3.63, 3.8) is 0 Å². The van der Waals surface area contributed by atoms with Crippen LogP contribution in [0, 0.1) is 0 Å². The van der Waals surface area contributed by atoms with Crippen LogP contribution >= 0.6 is 0 Å². The van der Waals surface area contributed by atoms with E-state index in [9.17, 15) is 13.2 Å². The molecule has 0 aromatic heterocycles. The highest BCUT2D eigenvalue weighted by atomic mass is 32.2. The van der Waals surface area contributed by atoms with Crippen molar-refractivity contribution in [1.82, 2.24) is 5.32 Å². The van der Waals surface area contributed by atoms with E-state index >= 15 is 0 Å². The van der Waals surface area contributed by atoms with Gasteiger partial charge in [0.15, 0.2) is 0 Å². The van der Waals surface area contributed by atoms with Crippen molar-refractivity contribution in [2.75, 3.05) is 11.9 Å². The Morgan fingerprint density at radius 3 is 2.83 bits per heavy atom. The van der Waals surface area contributed by atoms with E-state index in [1.807, 2.05) is 0 Å². The predicted octanol–water partition coefficient (Wildman–Crippen LogP) is 0.0245. The molecule has 18 heavy (non-hydrogen) atoms. The number of sulfonamides is 1. The van der Waals surface area contributed by atoms with Gasteiger partial charge in [0.25, 0.3) is 0 Å². The summed E-state index contributed by atoms with van der Waals surface area (Å²) in [5.41, 5.74) is 0.431. The minimum atomic E-state index is -3.75. The molecule has 1 aliphatic rings. The molecule has 0 aliphatic carbocycles. The van der Waals surface area contributed by atoms with Crippen molar-refractivity contribution in [3.8, 4) is 0 Å². The molecule has 6 nitrogen and oxygen atoms in total. The van der Waals surface area contributed by atoms with Crippen LogP contribution in [-0.2, 0) is 14.8 Å². The van der Waals surface area contributed by atoms with Gasteiger partial charge >= 0.3 is 0 Å². The lowest BCUT2D eigenvalue weighted by molar-refractivity contribution is -0.117. The smallest absolute Gasteiger partial charge is 0.241 e. The van der Waals surface area contributed by atoms with Crippen molar-refractivity contribution < 1.29 is 13.2 Å². The highest BCUT2D eigenvalue weighted by Crippen LogP contribution is 2.15. The summed E-state index contributed by atoms with van der Waals surface area (Å²) in [7, 11) is -3.75. The quantitative estimate of drug-likeness (QED) is 0.720. The van der Waals surface area contributed by atoms with Crippen LogP contribution in [0.15, 0.2) is 29.2 Å². The minimum absolute atomic E-state index is 0.0142. The molecule has 7 heteroatoms.